The minimum absolute atomic E-state index is 0. The van der Waals surface area contributed by atoms with Crippen molar-refractivity contribution in [1.82, 2.24) is 19.9 Å². The fourth-order valence-corrected chi connectivity index (χ4v) is 5.94. The van der Waals surface area contributed by atoms with Crippen LogP contribution in [0.2, 0.25) is 0 Å². The summed E-state index contributed by atoms with van der Waals surface area (Å²) < 4.78 is 39.1. The molecule has 0 aliphatic heterocycles. The van der Waals surface area contributed by atoms with Gasteiger partial charge in [-0.15, -0.1) is 144 Å². The zero-order valence-corrected chi connectivity index (χ0v) is 38.9. The molecule has 10 aromatic rings. The second kappa shape index (κ2) is 25.9. The minimum atomic E-state index is -0.396. The van der Waals surface area contributed by atoms with Crippen molar-refractivity contribution in [3.8, 4) is 67.3 Å². The molecule has 4 nitrogen and oxygen atoms in total. The molecular formula is C57H42Ir2N4-4. The van der Waals surface area contributed by atoms with Crippen LogP contribution in [0.25, 0.3) is 67.3 Å². The second-order valence-electron chi connectivity index (χ2n) is 13.2. The molecule has 0 aliphatic carbocycles. The Morgan fingerprint density at radius 1 is 0.365 bits per heavy atom. The number of aryl methyl sites for hydroxylation is 1. The van der Waals surface area contributed by atoms with Crippen LogP contribution in [0.15, 0.2) is 237 Å². The van der Waals surface area contributed by atoms with E-state index < -0.39 is 6.04 Å². The van der Waals surface area contributed by atoms with Gasteiger partial charge in [-0.05, 0) is 64.1 Å². The summed E-state index contributed by atoms with van der Waals surface area (Å²) in [7, 11) is 0. The maximum Gasteiger partial charge on any atom is 0.0629 e. The SMILES string of the molecule is Cc1cccnc1-c1[c-]cccc1.[2H]c1c([2H])c([2H])c(-c2ccc(-c3[c-]cccc3)nc2)c([2H])c1[2H].[Ir].[Ir].[c-]1ccccc1-c1ccc(-c2ccccc2)cn1.[c-]1ccccc1-c1ccccn1. The fraction of sp³-hybridized carbons (Fsp3) is 0.0175. The van der Waals surface area contributed by atoms with E-state index in [0.717, 1.165) is 44.9 Å². The average molecular weight is 1170 g/mol. The molecule has 0 saturated carbocycles. The molecule has 0 fully saturated rings. The van der Waals surface area contributed by atoms with Gasteiger partial charge in [-0.2, -0.15) is 0 Å². The molecule has 0 N–H and O–H groups in total. The first-order valence-electron chi connectivity index (χ1n) is 22.0. The van der Waals surface area contributed by atoms with Gasteiger partial charge in [0.05, 0.1) is 6.85 Å². The van der Waals surface area contributed by atoms with E-state index in [-0.39, 0.29) is 69.9 Å². The number of hydrogen-bond acceptors (Lipinski definition) is 4. The number of hydrogen-bond donors (Lipinski definition) is 0. The van der Waals surface area contributed by atoms with E-state index in [2.05, 4.69) is 75.4 Å². The molecule has 0 atom stereocenters. The Morgan fingerprint density at radius 3 is 1.27 bits per heavy atom. The van der Waals surface area contributed by atoms with Gasteiger partial charge in [0.2, 0.25) is 0 Å². The molecule has 6 aromatic carbocycles. The third kappa shape index (κ3) is 14.4. The van der Waals surface area contributed by atoms with Crippen molar-refractivity contribution in [3.63, 3.8) is 0 Å². The van der Waals surface area contributed by atoms with E-state index in [1.165, 1.54) is 17.3 Å². The minimum Gasteiger partial charge on any atom is -0.305 e. The average Bonchev–Trinajstić information content (AvgIpc) is 3.40. The van der Waals surface area contributed by atoms with Crippen LogP contribution in [0.4, 0.5) is 0 Å². The molecule has 63 heavy (non-hydrogen) atoms. The Hall–Kier alpha value is -6.78. The van der Waals surface area contributed by atoms with Crippen LogP contribution < -0.4 is 0 Å². The van der Waals surface area contributed by atoms with Crippen molar-refractivity contribution in [3.05, 3.63) is 267 Å². The van der Waals surface area contributed by atoms with Gasteiger partial charge < -0.3 is 19.9 Å². The maximum absolute atomic E-state index is 7.98. The Balaban J connectivity index is 0.000000173. The first-order chi connectivity index (χ1) is 32.3. The zero-order valence-electron chi connectivity index (χ0n) is 39.1. The van der Waals surface area contributed by atoms with Gasteiger partial charge in [0.1, 0.15) is 0 Å². The third-order valence-electron chi connectivity index (χ3n) is 9.02. The predicted molar refractivity (Wildman–Crippen MR) is 250 cm³/mol. The molecule has 10 rings (SSSR count). The first kappa shape index (κ1) is 40.3. The van der Waals surface area contributed by atoms with Crippen LogP contribution in [0.3, 0.4) is 0 Å². The van der Waals surface area contributed by atoms with Gasteiger partial charge in [0.15, 0.2) is 0 Å². The summed E-state index contributed by atoms with van der Waals surface area (Å²) in [5.74, 6) is 0. The Bertz CT molecular complexity index is 2920. The van der Waals surface area contributed by atoms with Crippen LogP contribution in [-0.4, -0.2) is 19.9 Å². The summed E-state index contributed by atoms with van der Waals surface area (Å²) in [6.45, 7) is 2.06. The second-order valence-corrected chi connectivity index (χ2v) is 13.2. The van der Waals surface area contributed by atoms with Gasteiger partial charge in [-0.25, -0.2) is 0 Å². The molecule has 0 spiro atoms. The van der Waals surface area contributed by atoms with Crippen molar-refractivity contribution in [2.24, 2.45) is 0 Å². The molecule has 0 amide bonds. The van der Waals surface area contributed by atoms with E-state index in [1.807, 2.05) is 152 Å². The van der Waals surface area contributed by atoms with Crippen LogP contribution in [-0.2, 0) is 40.2 Å². The van der Waals surface area contributed by atoms with Crippen molar-refractivity contribution in [1.29, 1.82) is 0 Å². The quantitative estimate of drug-likeness (QED) is 0.156. The number of aromatic nitrogens is 4. The van der Waals surface area contributed by atoms with Crippen molar-refractivity contribution in [2.75, 3.05) is 0 Å². The van der Waals surface area contributed by atoms with E-state index in [9.17, 15) is 0 Å². The summed E-state index contributed by atoms with van der Waals surface area (Å²) in [5, 5.41) is 0. The number of benzene rings is 6. The fourth-order valence-electron chi connectivity index (χ4n) is 5.94. The van der Waals surface area contributed by atoms with Crippen LogP contribution in [0.1, 0.15) is 12.4 Å². The van der Waals surface area contributed by atoms with E-state index >= 15 is 0 Å². The van der Waals surface area contributed by atoms with Gasteiger partial charge in [-0.1, -0.05) is 109 Å². The van der Waals surface area contributed by atoms with Gasteiger partial charge in [-0.3, -0.25) is 0 Å². The summed E-state index contributed by atoms with van der Waals surface area (Å²) in [6.07, 6.45) is 7.02. The third-order valence-corrected chi connectivity index (χ3v) is 9.02. The van der Waals surface area contributed by atoms with Crippen LogP contribution in [0.5, 0.6) is 0 Å². The number of rotatable bonds is 6. The van der Waals surface area contributed by atoms with E-state index in [4.69, 9.17) is 6.85 Å². The van der Waals surface area contributed by atoms with Crippen molar-refractivity contribution < 1.29 is 47.1 Å². The smallest absolute Gasteiger partial charge is 0.0629 e. The van der Waals surface area contributed by atoms with Crippen LogP contribution >= 0.6 is 0 Å². The monoisotopic (exact) mass is 1170 g/mol. The number of pyridine rings is 4. The summed E-state index contributed by atoms with van der Waals surface area (Å²) in [4.78, 5) is 17.4. The van der Waals surface area contributed by atoms with E-state index in [0.29, 0.717) is 11.3 Å². The molecule has 0 saturated heterocycles. The molecule has 0 unspecified atom stereocenters. The molecule has 4 heterocycles. The Kier molecular flexibility index (Phi) is 16.5. The van der Waals surface area contributed by atoms with Gasteiger partial charge in [0, 0.05) is 65.0 Å². The topological polar surface area (TPSA) is 51.6 Å². The van der Waals surface area contributed by atoms with Crippen molar-refractivity contribution >= 4 is 0 Å². The number of nitrogens with zero attached hydrogens (tertiary/aromatic N) is 4. The molecule has 6 heteroatoms. The van der Waals surface area contributed by atoms with Gasteiger partial charge >= 0.3 is 0 Å². The summed E-state index contributed by atoms with van der Waals surface area (Å²) in [5.41, 5.74) is 11.8. The zero-order chi connectivity index (χ0) is 46.1. The Morgan fingerprint density at radius 2 is 0.825 bits per heavy atom. The van der Waals surface area contributed by atoms with E-state index in [1.54, 1.807) is 24.4 Å². The predicted octanol–water partition coefficient (Wildman–Crippen LogP) is 13.8. The largest absolute Gasteiger partial charge is 0.305 e. The Labute approximate surface area is 405 Å². The normalized spacial score (nSPS) is 10.8. The molecule has 312 valence electrons. The standard InChI is InChI=1S/2C17H12N.C12H10N.C11H8N.2Ir/c2*1-3-7-14(8-4-1)16-11-12-17(18-13-16)15-9-5-2-6-10-15;1-10-6-5-9-13-12(10)11-7-3-2-4-8-11;1-2-6-10(7-3-1)11-8-4-5-9-12-11;;/h2*1-9,11-13H;2-7,9H,1H3;1-6,8-9H;;/q4*-1;;/i1D,3D,4D,7D,8D;;;;;. The summed E-state index contributed by atoms with van der Waals surface area (Å²) in [6, 6.07) is 69.8. The van der Waals surface area contributed by atoms with Gasteiger partial charge in [0.25, 0.3) is 0 Å². The molecule has 0 bridgehead atoms. The molecular weight excluding hydrogens is 1130 g/mol. The molecule has 2 radical (unpaired) electrons. The first-order valence-corrected chi connectivity index (χ1v) is 19.5. The molecule has 4 aromatic heterocycles. The van der Waals surface area contributed by atoms with Crippen molar-refractivity contribution in [2.45, 2.75) is 6.92 Å². The summed E-state index contributed by atoms with van der Waals surface area (Å²) >= 11 is 0. The van der Waals surface area contributed by atoms with Crippen LogP contribution in [0, 0.1) is 31.2 Å². The maximum atomic E-state index is 7.98. The molecule has 0 aliphatic rings.